The van der Waals surface area contributed by atoms with Crippen molar-refractivity contribution in [2.24, 2.45) is 0 Å². The Morgan fingerprint density at radius 3 is 2.71 bits per heavy atom. The molecule has 1 aromatic carbocycles. The molecule has 0 aliphatic rings. The Kier molecular flexibility index (Phi) is 4.37. The summed E-state index contributed by atoms with van der Waals surface area (Å²) in [5, 5.41) is 2.48. The van der Waals surface area contributed by atoms with Gasteiger partial charge in [-0.2, -0.15) is 0 Å². The van der Waals surface area contributed by atoms with Crippen LogP contribution >= 0.6 is 0 Å². The first-order valence-corrected chi connectivity index (χ1v) is 5.06. The molecule has 0 saturated heterocycles. The van der Waals surface area contributed by atoms with E-state index in [1.165, 1.54) is 18.2 Å². The van der Waals surface area contributed by atoms with Gasteiger partial charge < -0.3 is 10.1 Å². The highest BCUT2D eigenvalue weighted by molar-refractivity contribution is 5.90. The van der Waals surface area contributed by atoms with Gasteiger partial charge in [0.1, 0.15) is 5.75 Å². The zero-order chi connectivity index (χ0) is 12.9. The summed E-state index contributed by atoms with van der Waals surface area (Å²) in [5.74, 6) is -0.594. The minimum absolute atomic E-state index is 0.239. The quantitative estimate of drug-likeness (QED) is 0.886. The van der Waals surface area contributed by atoms with Crippen molar-refractivity contribution in [1.29, 1.82) is 0 Å². The Labute approximate surface area is 96.6 Å². The minimum atomic E-state index is -4.73. The molecule has 0 fully saturated rings. The van der Waals surface area contributed by atoms with E-state index in [9.17, 15) is 18.0 Å². The van der Waals surface area contributed by atoms with Crippen molar-refractivity contribution in [3.05, 3.63) is 24.3 Å². The van der Waals surface area contributed by atoms with Crippen molar-refractivity contribution in [1.82, 2.24) is 0 Å². The maximum Gasteiger partial charge on any atom is 0.573 e. The lowest BCUT2D eigenvalue weighted by Crippen LogP contribution is -2.17. The van der Waals surface area contributed by atoms with Gasteiger partial charge in [-0.1, -0.05) is 13.0 Å². The van der Waals surface area contributed by atoms with Gasteiger partial charge in [0, 0.05) is 18.2 Å². The van der Waals surface area contributed by atoms with Crippen molar-refractivity contribution < 1.29 is 22.7 Å². The fourth-order valence-corrected chi connectivity index (χ4v) is 1.22. The van der Waals surface area contributed by atoms with E-state index >= 15 is 0 Å². The highest BCUT2D eigenvalue weighted by Gasteiger charge is 2.31. The summed E-state index contributed by atoms with van der Waals surface area (Å²) < 4.78 is 39.6. The molecule has 0 spiro atoms. The first-order chi connectivity index (χ1) is 7.90. The number of benzene rings is 1. The second-order valence-corrected chi connectivity index (χ2v) is 3.37. The van der Waals surface area contributed by atoms with Crippen molar-refractivity contribution in [3.63, 3.8) is 0 Å². The molecule has 3 nitrogen and oxygen atoms in total. The van der Waals surface area contributed by atoms with Crippen LogP contribution < -0.4 is 10.1 Å². The van der Waals surface area contributed by atoms with Crippen LogP contribution in [0, 0.1) is 0 Å². The summed E-state index contributed by atoms with van der Waals surface area (Å²) >= 11 is 0. The first kappa shape index (κ1) is 13.3. The number of carbonyl (C=O) groups is 1. The van der Waals surface area contributed by atoms with Gasteiger partial charge in [0.2, 0.25) is 5.91 Å². The molecule has 0 aliphatic carbocycles. The van der Waals surface area contributed by atoms with Crippen LogP contribution in [0.25, 0.3) is 0 Å². The standard InChI is InChI=1S/C11H12F3NO2/c1-2-4-10(16)15-8-5-3-6-9(7-8)17-11(12,13)14/h3,5-7H,2,4H2,1H3,(H,15,16). The SMILES string of the molecule is CCCC(=O)Nc1cccc(OC(F)(F)F)c1. The number of anilines is 1. The van der Waals surface area contributed by atoms with E-state index in [-0.39, 0.29) is 17.3 Å². The van der Waals surface area contributed by atoms with Gasteiger partial charge in [-0.15, -0.1) is 13.2 Å². The molecule has 0 atom stereocenters. The van der Waals surface area contributed by atoms with E-state index in [0.29, 0.717) is 12.8 Å². The number of hydrogen-bond acceptors (Lipinski definition) is 2. The van der Waals surface area contributed by atoms with E-state index in [0.717, 1.165) is 6.07 Å². The van der Waals surface area contributed by atoms with Gasteiger partial charge in [0.15, 0.2) is 0 Å². The van der Waals surface area contributed by atoms with Gasteiger partial charge in [-0.3, -0.25) is 4.79 Å². The minimum Gasteiger partial charge on any atom is -0.406 e. The predicted octanol–water partition coefficient (Wildman–Crippen LogP) is 3.32. The topological polar surface area (TPSA) is 38.3 Å². The van der Waals surface area contributed by atoms with E-state index in [1.54, 1.807) is 0 Å². The highest BCUT2D eigenvalue weighted by Crippen LogP contribution is 2.25. The number of nitrogens with one attached hydrogen (secondary N) is 1. The second-order valence-electron chi connectivity index (χ2n) is 3.37. The number of rotatable bonds is 4. The zero-order valence-corrected chi connectivity index (χ0v) is 9.17. The lowest BCUT2D eigenvalue weighted by Gasteiger charge is -2.10. The molecule has 1 N–H and O–H groups in total. The van der Waals surface area contributed by atoms with E-state index in [1.807, 2.05) is 6.92 Å². The van der Waals surface area contributed by atoms with Crippen LogP contribution in [0.2, 0.25) is 0 Å². The average Bonchev–Trinajstić information content (AvgIpc) is 2.15. The molecule has 0 saturated carbocycles. The van der Waals surface area contributed by atoms with Crippen LogP contribution in [0.4, 0.5) is 18.9 Å². The monoisotopic (exact) mass is 247 g/mol. The molecule has 0 unspecified atom stereocenters. The van der Waals surface area contributed by atoms with Crippen molar-refractivity contribution >= 4 is 11.6 Å². The first-order valence-electron chi connectivity index (χ1n) is 5.06. The smallest absolute Gasteiger partial charge is 0.406 e. The predicted molar refractivity (Wildman–Crippen MR) is 56.7 cm³/mol. The summed E-state index contributed by atoms with van der Waals surface area (Å²) in [4.78, 5) is 11.2. The Morgan fingerprint density at radius 1 is 1.41 bits per heavy atom. The fraction of sp³-hybridized carbons (Fsp3) is 0.364. The van der Waals surface area contributed by atoms with Gasteiger partial charge in [0.05, 0.1) is 0 Å². The zero-order valence-electron chi connectivity index (χ0n) is 9.17. The molecule has 17 heavy (non-hydrogen) atoms. The number of carbonyl (C=O) groups excluding carboxylic acids is 1. The highest BCUT2D eigenvalue weighted by atomic mass is 19.4. The number of alkyl halides is 3. The Morgan fingerprint density at radius 2 is 2.12 bits per heavy atom. The third-order valence-electron chi connectivity index (χ3n) is 1.83. The molecule has 1 aromatic rings. The summed E-state index contributed by atoms with van der Waals surface area (Å²) in [5.41, 5.74) is 0.283. The number of hydrogen-bond donors (Lipinski definition) is 1. The summed E-state index contributed by atoms with van der Waals surface area (Å²) in [6, 6.07) is 5.17. The number of halogens is 3. The maximum atomic E-state index is 11.9. The largest absolute Gasteiger partial charge is 0.573 e. The van der Waals surface area contributed by atoms with Crippen LogP contribution in [0.5, 0.6) is 5.75 Å². The van der Waals surface area contributed by atoms with Crippen molar-refractivity contribution in [3.8, 4) is 5.75 Å². The van der Waals surface area contributed by atoms with Gasteiger partial charge >= 0.3 is 6.36 Å². The number of amides is 1. The summed E-state index contributed by atoms with van der Waals surface area (Å²) in [6.07, 6.45) is -3.74. The van der Waals surface area contributed by atoms with Crippen molar-refractivity contribution in [2.75, 3.05) is 5.32 Å². The molecule has 1 amide bonds. The third kappa shape index (κ3) is 5.24. The van der Waals surface area contributed by atoms with Crippen molar-refractivity contribution in [2.45, 2.75) is 26.1 Å². The average molecular weight is 247 g/mol. The molecule has 0 bridgehead atoms. The molecule has 0 radical (unpaired) electrons. The third-order valence-corrected chi connectivity index (χ3v) is 1.83. The molecule has 0 heterocycles. The number of ether oxygens (including phenoxy) is 1. The van der Waals surface area contributed by atoms with E-state index in [2.05, 4.69) is 10.1 Å². The Bertz CT molecular complexity index is 391. The molecule has 6 heteroatoms. The van der Waals surface area contributed by atoms with Crippen LogP contribution in [0.1, 0.15) is 19.8 Å². The summed E-state index contributed by atoms with van der Waals surface area (Å²) in [7, 11) is 0. The summed E-state index contributed by atoms with van der Waals surface area (Å²) in [6.45, 7) is 1.84. The second kappa shape index (κ2) is 5.56. The fourth-order valence-electron chi connectivity index (χ4n) is 1.22. The lowest BCUT2D eigenvalue weighted by molar-refractivity contribution is -0.274. The van der Waals surface area contributed by atoms with Crippen LogP contribution in [0.15, 0.2) is 24.3 Å². The maximum absolute atomic E-state index is 11.9. The molecular formula is C11H12F3NO2. The van der Waals surface area contributed by atoms with Gasteiger partial charge in [-0.05, 0) is 18.6 Å². The van der Waals surface area contributed by atoms with Crippen LogP contribution in [-0.2, 0) is 4.79 Å². The molecule has 94 valence electrons. The molecule has 0 aromatic heterocycles. The molecule has 1 rings (SSSR count). The van der Waals surface area contributed by atoms with Crippen LogP contribution in [0.3, 0.4) is 0 Å². The van der Waals surface area contributed by atoms with Crippen LogP contribution in [-0.4, -0.2) is 12.3 Å². The normalized spacial score (nSPS) is 11.1. The van der Waals surface area contributed by atoms with Gasteiger partial charge in [-0.25, -0.2) is 0 Å². The molecule has 0 aliphatic heterocycles. The van der Waals surface area contributed by atoms with Gasteiger partial charge in [0.25, 0.3) is 0 Å². The Hall–Kier alpha value is -1.72. The lowest BCUT2D eigenvalue weighted by atomic mass is 10.2. The van der Waals surface area contributed by atoms with E-state index in [4.69, 9.17) is 0 Å². The Balaban J connectivity index is 2.69. The van der Waals surface area contributed by atoms with E-state index < -0.39 is 6.36 Å². The molecular weight excluding hydrogens is 235 g/mol.